The van der Waals surface area contributed by atoms with E-state index < -0.39 is 0 Å². The maximum Gasteiger partial charge on any atom is 0.242 e. The van der Waals surface area contributed by atoms with E-state index >= 15 is 0 Å². The van der Waals surface area contributed by atoms with E-state index in [9.17, 15) is 4.79 Å². The monoisotopic (exact) mass is 340 g/mol. The van der Waals surface area contributed by atoms with Gasteiger partial charge >= 0.3 is 0 Å². The van der Waals surface area contributed by atoms with E-state index in [2.05, 4.69) is 23.2 Å². The van der Waals surface area contributed by atoms with Crippen LogP contribution in [0.1, 0.15) is 12.5 Å². The number of thioether (sulfide) groups is 1. The summed E-state index contributed by atoms with van der Waals surface area (Å²) in [6.45, 7) is 2.66. The Balaban J connectivity index is 1.61. The largest absolute Gasteiger partial charge is 0.287 e. The van der Waals surface area contributed by atoms with Crippen LogP contribution in [0.4, 0.5) is 5.13 Å². The number of rotatable bonds is 3. The first-order chi connectivity index (χ1) is 11.3. The van der Waals surface area contributed by atoms with Gasteiger partial charge in [0.1, 0.15) is 0 Å². The summed E-state index contributed by atoms with van der Waals surface area (Å²) in [5.74, 6) is 0.160. The highest BCUT2D eigenvalue weighted by molar-refractivity contribution is 8.01. The van der Waals surface area contributed by atoms with Crippen LogP contribution in [-0.4, -0.2) is 22.7 Å². The molecule has 0 fully saturated rings. The molecule has 1 amide bonds. The molecule has 4 rings (SSSR count). The number of anilines is 1. The normalized spacial score (nSPS) is 16.5. The van der Waals surface area contributed by atoms with Crippen molar-refractivity contribution in [1.82, 2.24) is 4.98 Å². The molecule has 3 nitrogen and oxygen atoms in total. The lowest BCUT2D eigenvalue weighted by atomic mass is 10.1. The van der Waals surface area contributed by atoms with Crippen molar-refractivity contribution in [3.63, 3.8) is 0 Å². The van der Waals surface area contributed by atoms with Crippen molar-refractivity contribution in [3.8, 4) is 0 Å². The summed E-state index contributed by atoms with van der Waals surface area (Å²) in [6, 6.07) is 16.3. The van der Waals surface area contributed by atoms with Gasteiger partial charge in [-0.3, -0.25) is 9.69 Å². The fraction of sp³-hybridized carbons (Fsp3) is 0.222. The second kappa shape index (κ2) is 5.98. The zero-order valence-corrected chi connectivity index (χ0v) is 14.4. The lowest BCUT2D eigenvalue weighted by Crippen LogP contribution is -2.37. The fourth-order valence-corrected chi connectivity index (χ4v) is 5.15. The van der Waals surface area contributed by atoms with E-state index in [1.54, 1.807) is 23.1 Å². The van der Waals surface area contributed by atoms with Gasteiger partial charge in [0, 0.05) is 11.4 Å². The topological polar surface area (TPSA) is 33.2 Å². The Morgan fingerprint density at radius 3 is 2.78 bits per heavy atom. The highest BCUT2D eigenvalue weighted by atomic mass is 32.2. The average Bonchev–Trinajstić information content (AvgIpc) is 3.19. The summed E-state index contributed by atoms with van der Waals surface area (Å²) >= 11 is 3.26. The molecule has 1 aliphatic heterocycles. The van der Waals surface area contributed by atoms with Crippen molar-refractivity contribution >= 4 is 44.4 Å². The summed E-state index contributed by atoms with van der Waals surface area (Å²) in [6.07, 6.45) is 0.807. The van der Waals surface area contributed by atoms with E-state index in [4.69, 9.17) is 0 Å². The number of benzene rings is 2. The first kappa shape index (κ1) is 14.7. The van der Waals surface area contributed by atoms with Crippen LogP contribution in [0.3, 0.4) is 0 Å². The molecule has 3 aromatic rings. The zero-order valence-electron chi connectivity index (χ0n) is 12.7. The van der Waals surface area contributed by atoms with Gasteiger partial charge in [-0.25, -0.2) is 4.98 Å². The minimum atomic E-state index is -0.0423. The van der Waals surface area contributed by atoms with Crippen molar-refractivity contribution in [2.24, 2.45) is 0 Å². The number of fused-ring (bicyclic) bond motifs is 2. The van der Waals surface area contributed by atoms with Gasteiger partial charge < -0.3 is 0 Å². The number of carbonyl (C=O) groups excluding carboxylic acids is 1. The standard InChI is InChI=1S/C18H16N2OS2/c1-2-20(18-19-13-8-4-6-10-15(13)23-18)17(21)16-11-12-7-3-5-9-14(12)22-16/h3-10,16H,2,11H2,1H3. The van der Waals surface area contributed by atoms with E-state index in [1.165, 1.54) is 10.5 Å². The molecule has 0 saturated carbocycles. The van der Waals surface area contributed by atoms with Gasteiger partial charge in [0.2, 0.25) is 5.91 Å². The smallest absolute Gasteiger partial charge is 0.242 e. The zero-order chi connectivity index (χ0) is 15.8. The molecule has 0 spiro atoms. The Hall–Kier alpha value is -1.85. The van der Waals surface area contributed by atoms with Gasteiger partial charge in [-0.2, -0.15) is 0 Å². The summed E-state index contributed by atoms with van der Waals surface area (Å²) in [7, 11) is 0. The molecule has 0 bridgehead atoms. The van der Waals surface area contributed by atoms with Crippen molar-refractivity contribution in [3.05, 3.63) is 54.1 Å². The maximum atomic E-state index is 13.0. The third-order valence-corrected chi connectivity index (χ3v) is 6.38. The van der Waals surface area contributed by atoms with Gasteiger partial charge in [0.15, 0.2) is 5.13 Å². The third-order valence-electron chi connectivity index (χ3n) is 4.02. The Kier molecular flexibility index (Phi) is 3.83. The van der Waals surface area contributed by atoms with Crippen molar-refractivity contribution < 1.29 is 4.79 Å². The predicted molar refractivity (Wildman–Crippen MR) is 97.4 cm³/mol. The van der Waals surface area contributed by atoms with Crippen LogP contribution in [-0.2, 0) is 11.2 Å². The van der Waals surface area contributed by atoms with E-state index in [1.807, 2.05) is 42.2 Å². The van der Waals surface area contributed by atoms with Crippen LogP contribution >= 0.6 is 23.1 Å². The molecule has 0 radical (unpaired) electrons. The number of hydrogen-bond donors (Lipinski definition) is 0. The van der Waals surface area contributed by atoms with Crippen LogP contribution < -0.4 is 4.90 Å². The SMILES string of the molecule is CCN(C(=O)C1Cc2ccccc2S1)c1nc2ccccc2s1. The molecule has 2 heterocycles. The average molecular weight is 340 g/mol. The number of hydrogen-bond acceptors (Lipinski definition) is 4. The maximum absolute atomic E-state index is 13.0. The van der Waals surface area contributed by atoms with E-state index in [0.29, 0.717) is 6.54 Å². The molecular formula is C18H16N2OS2. The Morgan fingerprint density at radius 1 is 1.22 bits per heavy atom. The fourth-order valence-electron chi connectivity index (χ4n) is 2.85. The van der Waals surface area contributed by atoms with Gasteiger partial charge in [-0.1, -0.05) is 41.7 Å². The van der Waals surface area contributed by atoms with E-state index in [0.717, 1.165) is 21.8 Å². The number of aromatic nitrogens is 1. The molecule has 1 unspecified atom stereocenters. The summed E-state index contributed by atoms with van der Waals surface area (Å²) in [4.78, 5) is 20.7. The van der Waals surface area contributed by atoms with Crippen molar-refractivity contribution in [2.75, 3.05) is 11.4 Å². The second-order valence-electron chi connectivity index (χ2n) is 5.47. The molecule has 2 aromatic carbocycles. The molecule has 1 aromatic heterocycles. The first-order valence-corrected chi connectivity index (χ1v) is 9.37. The molecular weight excluding hydrogens is 324 g/mol. The lowest BCUT2D eigenvalue weighted by molar-refractivity contribution is -0.118. The summed E-state index contributed by atoms with van der Waals surface area (Å²) in [5.41, 5.74) is 2.23. The van der Waals surface area contributed by atoms with Crippen LogP contribution in [0, 0.1) is 0 Å². The first-order valence-electron chi connectivity index (χ1n) is 7.68. The highest BCUT2D eigenvalue weighted by Crippen LogP contribution is 2.39. The highest BCUT2D eigenvalue weighted by Gasteiger charge is 2.32. The summed E-state index contributed by atoms with van der Waals surface area (Å²) in [5, 5.41) is 0.759. The minimum Gasteiger partial charge on any atom is -0.287 e. The van der Waals surface area contributed by atoms with Gasteiger partial charge in [0.05, 0.1) is 15.5 Å². The molecule has 1 atom stereocenters. The van der Waals surface area contributed by atoms with Crippen molar-refractivity contribution in [2.45, 2.75) is 23.5 Å². The number of para-hydroxylation sites is 1. The van der Waals surface area contributed by atoms with Gasteiger partial charge in [0.25, 0.3) is 0 Å². The molecule has 0 aliphatic carbocycles. The Bertz CT molecular complexity index is 816. The Morgan fingerprint density at radius 2 is 2.00 bits per heavy atom. The van der Waals surface area contributed by atoms with Gasteiger partial charge in [-0.05, 0) is 37.1 Å². The lowest BCUT2D eigenvalue weighted by Gasteiger charge is -2.20. The molecule has 116 valence electrons. The Labute approximate surface area is 143 Å². The van der Waals surface area contributed by atoms with Crippen LogP contribution in [0.2, 0.25) is 0 Å². The minimum absolute atomic E-state index is 0.0423. The van der Waals surface area contributed by atoms with Crippen LogP contribution in [0.5, 0.6) is 0 Å². The van der Waals surface area contributed by atoms with E-state index in [-0.39, 0.29) is 11.2 Å². The summed E-state index contributed by atoms with van der Waals surface area (Å²) < 4.78 is 1.12. The molecule has 0 saturated heterocycles. The predicted octanol–water partition coefficient (Wildman–Crippen LogP) is 4.37. The number of thiazole rings is 1. The number of nitrogens with zero attached hydrogens (tertiary/aromatic N) is 2. The quantitative estimate of drug-likeness (QED) is 0.710. The number of amides is 1. The molecule has 5 heteroatoms. The molecule has 0 N–H and O–H groups in total. The van der Waals surface area contributed by atoms with Crippen LogP contribution in [0.25, 0.3) is 10.2 Å². The molecule has 23 heavy (non-hydrogen) atoms. The van der Waals surface area contributed by atoms with Crippen molar-refractivity contribution in [1.29, 1.82) is 0 Å². The second-order valence-corrected chi connectivity index (χ2v) is 7.72. The van der Waals surface area contributed by atoms with Gasteiger partial charge in [-0.15, -0.1) is 11.8 Å². The third kappa shape index (κ3) is 2.64. The molecule has 1 aliphatic rings. The number of carbonyl (C=O) groups is 1. The van der Waals surface area contributed by atoms with Crippen LogP contribution in [0.15, 0.2) is 53.4 Å².